The van der Waals surface area contributed by atoms with Gasteiger partial charge in [-0.2, -0.15) is 0 Å². The third-order valence-corrected chi connectivity index (χ3v) is 3.49. The molecule has 2 aromatic rings. The monoisotopic (exact) mass is 316 g/mol. The number of aromatic nitrogens is 1. The lowest BCUT2D eigenvalue weighted by Gasteiger charge is -2.22. The molecule has 1 aromatic heterocycles. The molecule has 2 rings (SSSR count). The second-order valence-corrected chi connectivity index (χ2v) is 5.25. The van der Waals surface area contributed by atoms with Crippen molar-refractivity contribution in [2.45, 2.75) is 13.1 Å². The van der Waals surface area contributed by atoms with Crippen LogP contribution in [0.2, 0.25) is 0 Å². The van der Waals surface area contributed by atoms with E-state index in [4.69, 9.17) is 4.74 Å². The molecule has 5 heteroatoms. The maximum Gasteiger partial charge on any atom is 0.249 e. The van der Waals surface area contributed by atoms with E-state index in [1.54, 1.807) is 17.0 Å². The lowest BCUT2D eigenvalue weighted by Crippen LogP contribution is -2.34. The number of nitrogens with zero attached hydrogens (tertiary/aromatic N) is 2. The molecular formula is C18H21FN2O2. The zero-order valence-electron chi connectivity index (χ0n) is 13.2. The summed E-state index contributed by atoms with van der Waals surface area (Å²) in [5, 5.41) is 0. The van der Waals surface area contributed by atoms with E-state index in [1.165, 1.54) is 19.2 Å². The second kappa shape index (κ2) is 8.29. The predicted octanol–water partition coefficient (Wildman–Crippen LogP) is 2.84. The first-order valence-corrected chi connectivity index (χ1v) is 7.40. The van der Waals surface area contributed by atoms with Gasteiger partial charge in [0.1, 0.15) is 12.4 Å². The first-order valence-electron chi connectivity index (χ1n) is 7.40. The highest BCUT2D eigenvalue weighted by atomic mass is 19.1. The van der Waals surface area contributed by atoms with Crippen molar-refractivity contribution in [3.8, 4) is 0 Å². The largest absolute Gasteiger partial charge is 0.375 e. The van der Waals surface area contributed by atoms with Gasteiger partial charge in [0.25, 0.3) is 0 Å². The molecule has 0 aliphatic rings. The number of halogens is 1. The number of amides is 1. The van der Waals surface area contributed by atoms with Crippen LogP contribution in [0, 0.1) is 5.82 Å². The number of rotatable bonds is 8. The Balaban J connectivity index is 2.12. The van der Waals surface area contributed by atoms with E-state index < -0.39 is 0 Å². The Morgan fingerprint density at radius 2 is 2.22 bits per heavy atom. The summed E-state index contributed by atoms with van der Waals surface area (Å²) < 4.78 is 20.2. The van der Waals surface area contributed by atoms with Crippen LogP contribution in [0.4, 0.5) is 4.39 Å². The Labute approximate surface area is 135 Å². The molecule has 23 heavy (non-hydrogen) atoms. The summed E-state index contributed by atoms with van der Waals surface area (Å²) in [4.78, 5) is 13.7. The molecule has 122 valence electrons. The molecule has 0 radical (unpaired) electrons. The van der Waals surface area contributed by atoms with Crippen LogP contribution < -0.4 is 0 Å². The minimum atomic E-state index is -0.250. The molecule has 0 aliphatic carbocycles. The first-order chi connectivity index (χ1) is 11.1. The van der Waals surface area contributed by atoms with Crippen molar-refractivity contribution >= 4 is 5.91 Å². The van der Waals surface area contributed by atoms with Crippen LogP contribution in [0.3, 0.4) is 0 Å². The lowest BCUT2D eigenvalue weighted by atomic mass is 10.2. The first kappa shape index (κ1) is 17.0. The molecule has 0 unspecified atom stereocenters. The highest BCUT2D eigenvalue weighted by molar-refractivity contribution is 5.77. The van der Waals surface area contributed by atoms with Crippen LogP contribution in [-0.4, -0.2) is 35.6 Å². The Hall–Kier alpha value is -2.40. The number of ether oxygens (including phenoxy) is 1. The molecule has 0 fully saturated rings. The van der Waals surface area contributed by atoms with Crippen molar-refractivity contribution in [1.82, 2.24) is 9.47 Å². The van der Waals surface area contributed by atoms with Crippen molar-refractivity contribution in [1.29, 1.82) is 0 Å². The number of benzene rings is 1. The SMILES string of the molecule is C=CCN(Cc1cccn1Cc1cccc(F)c1)C(=O)COC. The van der Waals surface area contributed by atoms with Crippen LogP contribution in [0.25, 0.3) is 0 Å². The highest BCUT2D eigenvalue weighted by Gasteiger charge is 2.14. The van der Waals surface area contributed by atoms with Crippen LogP contribution in [-0.2, 0) is 22.6 Å². The van der Waals surface area contributed by atoms with Gasteiger partial charge in [0, 0.05) is 32.1 Å². The third-order valence-electron chi connectivity index (χ3n) is 3.49. The second-order valence-electron chi connectivity index (χ2n) is 5.25. The van der Waals surface area contributed by atoms with Gasteiger partial charge in [-0.3, -0.25) is 4.79 Å². The number of methoxy groups -OCH3 is 1. The summed E-state index contributed by atoms with van der Waals surface area (Å²) in [5.74, 6) is -0.342. The maximum atomic E-state index is 13.3. The zero-order valence-corrected chi connectivity index (χ0v) is 13.2. The molecule has 0 saturated heterocycles. The fourth-order valence-electron chi connectivity index (χ4n) is 2.40. The van der Waals surface area contributed by atoms with Gasteiger partial charge in [0.05, 0.1) is 6.54 Å². The van der Waals surface area contributed by atoms with Gasteiger partial charge in [-0.25, -0.2) is 4.39 Å². The van der Waals surface area contributed by atoms with Crippen LogP contribution in [0.5, 0.6) is 0 Å². The van der Waals surface area contributed by atoms with E-state index >= 15 is 0 Å². The fraction of sp³-hybridized carbons (Fsp3) is 0.278. The Morgan fingerprint density at radius 3 is 2.91 bits per heavy atom. The summed E-state index contributed by atoms with van der Waals surface area (Å²) in [5.41, 5.74) is 1.85. The Morgan fingerprint density at radius 1 is 1.39 bits per heavy atom. The van der Waals surface area contributed by atoms with E-state index in [1.807, 2.05) is 29.0 Å². The van der Waals surface area contributed by atoms with Gasteiger partial charge >= 0.3 is 0 Å². The van der Waals surface area contributed by atoms with Gasteiger partial charge in [-0.1, -0.05) is 18.2 Å². The normalized spacial score (nSPS) is 10.5. The van der Waals surface area contributed by atoms with Crippen molar-refractivity contribution in [2.24, 2.45) is 0 Å². The smallest absolute Gasteiger partial charge is 0.249 e. The standard InChI is InChI=1S/C18H21FN2O2/c1-3-9-21(18(22)14-23-2)13-17-8-5-10-20(17)12-15-6-4-7-16(19)11-15/h3-8,10-11H,1,9,12-14H2,2H3. The van der Waals surface area contributed by atoms with E-state index in [0.29, 0.717) is 19.6 Å². The van der Waals surface area contributed by atoms with Crippen molar-refractivity contribution in [3.63, 3.8) is 0 Å². The topological polar surface area (TPSA) is 34.5 Å². The van der Waals surface area contributed by atoms with E-state index in [0.717, 1.165) is 11.3 Å². The molecule has 0 aliphatic heterocycles. The predicted molar refractivity (Wildman–Crippen MR) is 87.4 cm³/mol. The van der Waals surface area contributed by atoms with Gasteiger partial charge in [-0.05, 0) is 29.8 Å². The number of carbonyl (C=O) groups is 1. The van der Waals surface area contributed by atoms with Gasteiger partial charge in [-0.15, -0.1) is 6.58 Å². The summed E-state index contributed by atoms with van der Waals surface area (Å²) in [6.45, 7) is 5.19. The van der Waals surface area contributed by atoms with Crippen molar-refractivity contribution in [2.75, 3.05) is 20.3 Å². The minimum Gasteiger partial charge on any atom is -0.375 e. The molecule has 4 nitrogen and oxygen atoms in total. The summed E-state index contributed by atoms with van der Waals surface area (Å²) in [6.07, 6.45) is 3.61. The molecule has 1 heterocycles. The van der Waals surface area contributed by atoms with Crippen LogP contribution in [0.1, 0.15) is 11.3 Å². The highest BCUT2D eigenvalue weighted by Crippen LogP contribution is 2.12. The Kier molecular flexibility index (Phi) is 6.11. The molecule has 1 aromatic carbocycles. The third kappa shape index (κ3) is 4.79. The van der Waals surface area contributed by atoms with Crippen molar-refractivity contribution in [3.05, 3.63) is 72.3 Å². The van der Waals surface area contributed by atoms with E-state index in [2.05, 4.69) is 6.58 Å². The molecule has 0 N–H and O–H groups in total. The van der Waals surface area contributed by atoms with Gasteiger partial charge in [0.2, 0.25) is 5.91 Å². The molecule has 0 spiro atoms. The van der Waals surface area contributed by atoms with Gasteiger partial charge < -0.3 is 14.2 Å². The summed E-state index contributed by atoms with van der Waals surface area (Å²) in [6, 6.07) is 10.4. The fourth-order valence-corrected chi connectivity index (χ4v) is 2.40. The molecule has 0 bridgehead atoms. The zero-order chi connectivity index (χ0) is 16.7. The maximum absolute atomic E-state index is 13.3. The number of hydrogen-bond donors (Lipinski definition) is 0. The van der Waals surface area contributed by atoms with E-state index in [9.17, 15) is 9.18 Å². The van der Waals surface area contributed by atoms with Crippen LogP contribution >= 0.6 is 0 Å². The van der Waals surface area contributed by atoms with Gasteiger partial charge in [0.15, 0.2) is 0 Å². The average molecular weight is 316 g/mol. The molecule has 0 atom stereocenters. The molecular weight excluding hydrogens is 295 g/mol. The van der Waals surface area contributed by atoms with Crippen LogP contribution in [0.15, 0.2) is 55.3 Å². The quantitative estimate of drug-likeness (QED) is 0.702. The van der Waals surface area contributed by atoms with E-state index in [-0.39, 0.29) is 18.3 Å². The summed E-state index contributed by atoms with van der Waals surface area (Å²) in [7, 11) is 1.50. The van der Waals surface area contributed by atoms with Crippen molar-refractivity contribution < 1.29 is 13.9 Å². The lowest BCUT2D eigenvalue weighted by molar-refractivity contribution is -0.135. The minimum absolute atomic E-state index is 0.0401. The molecule has 0 saturated carbocycles. The summed E-state index contributed by atoms with van der Waals surface area (Å²) >= 11 is 0. The Bertz CT molecular complexity index is 667. The number of carbonyl (C=O) groups excluding carboxylic acids is 1. The molecule has 1 amide bonds. The number of hydrogen-bond acceptors (Lipinski definition) is 2. The average Bonchev–Trinajstić information content (AvgIpc) is 2.94.